The fourth-order valence-electron chi connectivity index (χ4n) is 3.37. The molecule has 0 aromatic carbocycles. The summed E-state index contributed by atoms with van der Waals surface area (Å²) in [4.78, 5) is 16.4. The lowest BCUT2D eigenvalue weighted by Crippen LogP contribution is -2.25. The van der Waals surface area contributed by atoms with Crippen molar-refractivity contribution >= 4 is 5.69 Å². The van der Waals surface area contributed by atoms with Gasteiger partial charge in [-0.25, -0.2) is 4.98 Å². The number of nitrogens with zero attached hydrogens (tertiary/aromatic N) is 4. The van der Waals surface area contributed by atoms with Crippen LogP contribution in [0.1, 0.15) is 25.7 Å². The molecular weight excluding hydrogens is 308 g/mol. The minimum Gasteiger partial charge on any atom is -0.370 e. The third kappa shape index (κ3) is 3.53. The van der Waals surface area contributed by atoms with Crippen molar-refractivity contribution in [3.05, 3.63) is 60.9 Å². The zero-order chi connectivity index (χ0) is 16.9. The third-order valence-corrected chi connectivity index (χ3v) is 4.66. The maximum Gasteiger partial charge on any atom is 0.113 e. The highest BCUT2D eigenvalue weighted by molar-refractivity contribution is 5.75. The molecule has 0 atom stereocenters. The molecule has 3 aromatic heterocycles. The Morgan fingerprint density at radius 3 is 1.96 bits per heavy atom. The van der Waals surface area contributed by atoms with Gasteiger partial charge in [0, 0.05) is 25.5 Å². The van der Waals surface area contributed by atoms with Crippen molar-refractivity contribution in [1.29, 1.82) is 0 Å². The molecule has 126 valence electrons. The number of hydrogen-bond acceptors (Lipinski definition) is 4. The van der Waals surface area contributed by atoms with Crippen LogP contribution >= 0.6 is 0 Å². The largest absolute Gasteiger partial charge is 0.370 e. The smallest absolute Gasteiger partial charge is 0.113 e. The molecule has 0 N–H and O–H groups in total. The molecule has 0 saturated carbocycles. The average molecular weight is 330 g/mol. The molecule has 1 aliphatic rings. The molecule has 1 saturated heterocycles. The summed E-state index contributed by atoms with van der Waals surface area (Å²) < 4.78 is 0. The van der Waals surface area contributed by atoms with Crippen molar-refractivity contribution in [3.63, 3.8) is 0 Å². The summed E-state index contributed by atoms with van der Waals surface area (Å²) in [5.41, 5.74) is 4.83. The van der Waals surface area contributed by atoms with Crippen molar-refractivity contribution in [1.82, 2.24) is 15.0 Å². The summed E-state index contributed by atoms with van der Waals surface area (Å²) in [5.74, 6) is 0. The van der Waals surface area contributed by atoms with E-state index in [2.05, 4.69) is 27.0 Å². The molecule has 0 unspecified atom stereocenters. The van der Waals surface area contributed by atoms with Crippen LogP contribution in [0, 0.1) is 0 Å². The lowest BCUT2D eigenvalue weighted by molar-refractivity contribution is 0.726. The van der Waals surface area contributed by atoms with Gasteiger partial charge in [0.1, 0.15) is 5.69 Å². The van der Waals surface area contributed by atoms with Gasteiger partial charge in [-0.3, -0.25) is 9.97 Å². The maximum absolute atomic E-state index is 4.95. The maximum atomic E-state index is 4.95. The number of anilines is 1. The quantitative estimate of drug-likeness (QED) is 0.704. The van der Waals surface area contributed by atoms with E-state index >= 15 is 0 Å². The van der Waals surface area contributed by atoms with Crippen molar-refractivity contribution in [2.24, 2.45) is 0 Å². The Bertz CT molecular complexity index is 810. The summed E-state index contributed by atoms with van der Waals surface area (Å²) in [6.07, 6.45) is 8.74. The molecule has 4 nitrogen and oxygen atoms in total. The highest BCUT2D eigenvalue weighted by Gasteiger charge is 2.17. The first kappa shape index (κ1) is 15.8. The fraction of sp³-hybridized carbons (Fsp3) is 0.286. The van der Waals surface area contributed by atoms with E-state index in [1.54, 1.807) is 6.20 Å². The molecule has 0 bridgehead atoms. The molecule has 3 aromatic rings. The van der Waals surface area contributed by atoms with E-state index in [0.717, 1.165) is 35.9 Å². The minimum atomic E-state index is 0.889. The summed E-state index contributed by atoms with van der Waals surface area (Å²) in [7, 11) is 0. The van der Waals surface area contributed by atoms with E-state index in [1.165, 1.54) is 31.4 Å². The van der Waals surface area contributed by atoms with Crippen LogP contribution in [-0.2, 0) is 0 Å². The monoisotopic (exact) mass is 330 g/mol. The first-order chi connectivity index (χ1) is 12.4. The van der Waals surface area contributed by atoms with E-state index in [0.29, 0.717) is 0 Å². The summed E-state index contributed by atoms with van der Waals surface area (Å²) in [5, 5.41) is 0. The Hall–Kier alpha value is -2.75. The van der Waals surface area contributed by atoms with Crippen LogP contribution in [0.2, 0.25) is 0 Å². The Morgan fingerprint density at radius 1 is 0.640 bits per heavy atom. The third-order valence-electron chi connectivity index (χ3n) is 4.66. The van der Waals surface area contributed by atoms with Gasteiger partial charge in [0.25, 0.3) is 0 Å². The molecule has 0 amide bonds. The van der Waals surface area contributed by atoms with E-state index in [9.17, 15) is 0 Å². The molecule has 4 rings (SSSR count). The molecule has 1 fully saturated rings. The van der Waals surface area contributed by atoms with Crippen LogP contribution in [0.4, 0.5) is 5.69 Å². The first-order valence-electron chi connectivity index (χ1n) is 9.00. The van der Waals surface area contributed by atoms with Crippen LogP contribution in [0.5, 0.6) is 0 Å². The predicted octanol–water partition coefficient (Wildman–Crippen LogP) is 4.59. The molecule has 4 heteroatoms. The molecular formula is C21H22N4. The van der Waals surface area contributed by atoms with Gasteiger partial charge in [-0.2, -0.15) is 0 Å². The Morgan fingerprint density at radius 2 is 1.32 bits per heavy atom. The summed E-state index contributed by atoms with van der Waals surface area (Å²) in [6.45, 7) is 2.18. The summed E-state index contributed by atoms with van der Waals surface area (Å²) >= 11 is 0. The van der Waals surface area contributed by atoms with Gasteiger partial charge >= 0.3 is 0 Å². The van der Waals surface area contributed by atoms with Crippen LogP contribution in [0.3, 0.4) is 0 Å². The lowest BCUT2D eigenvalue weighted by atomic mass is 10.1. The van der Waals surface area contributed by atoms with E-state index in [1.807, 2.05) is 42.6 Å². The SMILES string of the molecule is c1ccc(-c2ccc(N3CCCCCC3)c(-c3ccccn3)n2)nc1. The molecule has 0 spiro atoms. The Balaban J connectivity index is 1.80. The van der Waals surface area contributed by atoms with E-state index < -0.39 is 0 Å². The van der Waals surface area contributed by atoms with Gasteiger partial charge in [0.15, 0.2) is 0 Å². The van der Waals surface area contributed by atoms with Gasteiger partial charge < -0.3 is 4.90 Å². The van der Waals surface area contributed by atoms with Crippen molar-refractivity contribution < 1.29 is 0 Å². The van der Waals surface area contributed by atoms with E-state index in [4.69, 9.17) is 4.98 Å². The number of pyridine rings is 3. The second kappa shape index (κ2) is 7.43. The highest BCUT2D eigenvalue weighted by atomic mass is 15.1. The van der Waals surface area contributed by atoms with E-state index in [-0.39, 0.29) is 0 Å². The minimum absolute atomic E-state index is 0.889. The molecule has 4 heterocycles. The van der Waals surface area contributed by atoms with Gasteiger partial charge in [-0.05, 0) is 49.2 Å². The van der Waals surface area contributed by atoms with Crippen LogP contribution < -0.4 is 4.90 Å². The van der Waals surface area contributed by atoms with Crippen molar-refractivity contribution in [2.75, 3.05) is 18.0 Å². The topological polar surface area (TPSA) is 41.9 Å². The molecule has 0 aliphatic carbocycles. The van der Waals surface area contributed by atoms with Gasteiger partial charge in [0.05, 0.1) is 22.8 Å². The lowest BCUT2D eigenvalue weighted by Gasteiger charge is -2.25. The standard InChI is InChI=1S/C21H22N4/c1-2-8-16-25(15-7-1)20-12-11-18(17-9-3-5-13-22-17)24-21(20)19-10-4-6-14-23-19/h3-6,9-14H,1-2,7-8,15-16H2. The van der Waals surface area contributed by atoms with Crippen molar-refractivity contribution in [2.45, 2.75) is 25.7 Å². The second-order valence-electron chi connectivity index (χ2n) is 6.40. The van der Waals surface area contributed by atoms with Gasteiger partial charge in [-0.15, -0.1) is 0 Å². The van der Waals surface area contributed by atoms with Crippen molar-refractivity contribution in [3.8, 4) is 22.8 Å². The predicted molar refractivity (Wildman–Crippen MR) is 101 cm³/mol. The number of hydrogen-bond donors (Lipinski definition) is 0. The van der Waals surface area contributed by atoms with Crippen LogP contribution in [0.25, 0.3) is 22.8 Å². The Labute approximate surface area is 148 Å². The molecule has 1 aliphatic heterocycles. The van der Waals surface area contributed by atoms with Crippen LogP contribution in [-0.4, -0.2) is 28.0 Å². The van der Waals surface area contributed by atoms with Gasteiger partial charge in [-0.1, -0.05) is 25.0 Å². The average Bonchev–Trinajstić information content (AvgIpc) is 2.98. The molecule has 0 radical (unpaired) electrons. The zero-order valence-corrected chi connectivity index (χ0v) is 14.3. The zero-order valence-electron chi connectivity index (χ0n) is 14.3. The number of aromatic nitrogens is 3. The highest BCUT2D eigenvalue weighted by Crippen LogP contribution is 2.31. The number of rotatable bonds is 3. The summed E-state index contributed by atoms with van der Waals surface area (Å²) in [6, 6.07) is 16.2. The Kier molecular flexibility index (Phi) is 4.68. The molecule has 25 heavy (non-hydrogen) atoms. The first-order valence-corrected chi connectivity index (χ1v) is 9.00. The fourth-order valence-corrected chi connectivity index (χ4v) is 3.37. The normalized spacial score (nSPS) is 15.0. The second-order valence-corrected chi connectivity index (χ2v) is 6.40. The van der Waals surface area contributed by atoms with Crippen LogP contribution in [0.15, 0.2) is 60.9 Å². The van der Waals surface area contributed by atoms with Gasteiger partial charge in [0.2, 0.25) is 0 Å².